The second-order valence-corrected chi connectivity index (χ2v) is 14.5. The van der Waals surface area contributed by atoms with Gasteiger partial charge >= 0.3 is 12.2 Å². The highest BCUT2D eigenvalue weighted by molar-refractivity contribution is 5.69. The van der Waals surface area contributed by atoms with Crippen LogP contribution in [0.25, 0.3) is 0 Å². The average Bonchev–Trinajstić information content (AvgIpc) is 3.86. The van der Waals surface area contributed by atoms with Gasteiger partial charge in [0.15, 0.2) is 0 Å². The molecule has 2 aliphatic heterocycles. The van der Waals surface area contributed by atoms with Crippen LogP contribution in [0.5, 0.6) is 11.5 Å². The Morgan fingerprint density at radius 3 is 1.22 bits per heavy atom. The van der Waals surface area contributed by atoms with Crippen LogP contribution in [0.3, 0.4) is 0 Å². The zero-order valence-electron chi connectivity index (χ0n) is 29.8. The molecule has 12 heteroatoms. The van der Waals surface area contributed by atoms with Crippen LogP contribution in [0.2, 0.25) is 0 Å². The van der Waals surface area contributed by atoms with Gasteiger partial charge in [-0.1, -0.05) is 97.1 Å². The Morgan fingerprint density at radius 1 is 0.556 bits per heavy atom. The fraction of sp³-hybridized carbons (Fsp3) is 0.381. The Labute approximate surface area is 314 Å². The summed E-state index contributed by atoms with van der Waals surface area (Å²) in [5.41, 5.74) is -0.934. The molecule has 2 amide bonds. The highest BCUT2D eigenvalue weighted by atomic mass is 16.6. The monoisotopic (exact) mass is 738 g/mol. The topological polar surface area (TPSA) is 158 Å². The van der Waals surface area contributed by atoms with Crippen molar-refractivity contribution in [2.45, 2.75) is 61.7 Å². The van der Waals surface area contributed by atoms with Gasteiger partial charge in [-0.25, -0.2) is 9.59 Å². The fourth-order valence-electron chi connectivity index (χ4n) is 8.01. The molecule has 0 unspecified atom stereocenters. The molecule has 2 aliphatic carbocycles. The zero-order chi connectivity index (χ0) is 37.7. The Bertz CT molecular complexity index is 1700. The van der Waals surface area contributed by atoms with Gasteiger partial charge in [-0.3, -0.25) is 0 Å². The van der Waals surface area contributed by atoms with E-state index in [-0.39, 0.29) is 38.1 Å². The molecule has 4 aromatic carbocycles. The van der Waals surface area contributed by atoms with Gasteiger partial charge in [-0.15, -0.1) is 0 Å². The summed E-state index contributed by atoms with van der Waals surface area (Å²) in [6.07, 6.45) is -3.10. The summed E-state index contributed by atoms with van der Waals surface area (Å²) in [7, 11) is 0. The first kappa shape index (κ1) is 37.2. The van der Waals surface area contributed by atoms with Crippen molar-refractivity contribution in [3.05, 3.63) is 132 Å². The molecule has 4 aromatic rings. The van der Waals surface area contributed by atoms with E-state index in [1.165, 1.54) is 9.80 Å². The molecule has 284 valence electrons. The first-order valence-electron chi connectivity index (χ1n) is 18.3. The van der Waals surface area contributed by atoms with Gasteiger partial charge < -0.3 is 49.2 Å². The van der Waals surface area contributed by atoms with E-state index in [1.807, 2.05) is 121 Å². The Kier molecular flexibility index (Phi) is 11.1. The average molecular weight is 739 g/mol. The van der Waals surface area contributed by atoms with E-state index < -0.39 is 47.8 Å². The summed E-state index contributed by atoms with van der Waals surface area (Å²) in [5, 5.41) is 43.2. The van der Waals surface area contributed by atoms with Crippen LogP contribution < -0.4 is 9.47 Å². The number of carbonyl (C=O) groups excluding carboxylic acids is 2. The standard InChI is InChI=1S/2C21H23NO5/c2*23-19-18(27-17-9-5-2-6-10-17)11-16-12-22(14-21(16,19)25)20(24)26-13-15-7-3-1-4-8-15/h2*1-10,16,18-19,23,25H,11-14H2/t2*16-,18+,19+,21-/m10/s1. The van der Waals surface area contributed by atoms with E-state index in [0.717, 1.165) is 11.1 Å². The minimum atomic E-state index is -1.37. The van der Waals surface area contributed by atoms with Crippen molar-refractivity contribution in [1.29, 1.82) is 0 Å². The first-order valence-corrected chi connectivity index (χ1v) is 18.3. The van der Waals surface area contributed by atoms with Crippen molar-refractivity contribution in [2.24, 2.45) is 11.8 Å². The van der Waals surface area contributed by atoms with Crippen LogP contribution in [0.1, 0.15) is 24.0 Å². The summed E-state index contributed by atoms with van der Waals surface area (Å²) in [6, 6.07) is 37.4. The lowest BCUT2D eigenvalue weighted by molar-refractivity contribution is -0.0859. The largest absolute Gasteiger partial charge is 0.488 e. The minimum Gasteiger partial charge on any atom is -0.488 e. The molecule has 4 fully saturated rings. The van der Waals surface area contributed by atoms with Crippen LogP contribution in [0.4, 0.5) is 9.59 Å². The van der Waals surface area contributed by atoms with Crippen molar-refractivity contribution < 1.29 is 49.0 Å². The predicted molar refractivity (Wildman–Crippen MR) is 196 cm³/mol. The molecule has 4 aliphatic rings. The van der Waals surface area contributed by atoms with Crippen LogP contribution in [-0.4, -0.2) is 104 Å². The van der Waals surface area contributed by atoms with Crippen molar-refractivity contribution in [1.82, 2.24) is 9.80 Å². The minimum absolute atomic E-state index is 0.0428. The third kappa shape index (κ3) is 8.02. The van der Waals surface area contributed by atoms with Crippen LogP contribution in [-0.2, 0) is 22.7 Å². The maximum Gasteiger partial charge on any atom is 0.410 e. The van der Waals surface area contributed by atoms with E-state index in [1.54, 1.807) is 0 Å². The van der Waals surface area contributed by atoms with Gasteiger partial charge in [0.2, 0.25) is 0 Å². The van der Waals surface area contributed by atoms with Crippen LogP contribution in [0, 0.1) is 11.8 Å². The summed E-state index contributed by atoms with van der Waals surface area (Å²) >= 11 is 0. The molecule has 12 nitrogen and oxygen atoms in total. The third-order valence-electron chi connectivity index (χ3n) is 10.9. The Balaban J connectivity index is 0.000000167. The number of carbonyl (C=O) groups is 2. The SMILES string of the molecule is O=C(OCc1ccccc1)N1C[C@@H]2C[C@@H](Oc3ccccc3)[C@@H](O)[C@]2(O)C1.O=C(OCc1ccccc1)N1C[C@H]2C[C@H](Oc3ccccc3)[C@H](O)[C@@]2(O)C1. The molecule has 2 saturated heterocycles. The van der Waals surface area contributed by atoms with Gasteiger partial charge in [0, 0.05) is 24.9 Å². The van der Waals surface area contributed by atoms with Crippen molar-refractivity contribution in [2.75, 3.05) is 26.2 Å². The number of benzene rings is 4. The quantitative estimate of drug-likeness (QED) is 0.204. The number of aliphatic hydroxyl groups excluding tert-OH is 2. The van der Waals surface area contributed by atoms with Crippen molar-refractivity contribution in [3.63, 3.8) is 0 Å². The molecule has 2 heterocycles. The number of fused-ring (bicyclic) bond motifs is 2. The van der Waals surface area contributed by atoms with E-state index in [9.17, 15) is 30.0 Å². The first-order chi connectivity index (χ1) is 26.1. The van der Waals surface area contributed by atoms with Crippen LogP contribution >= 0.6 is 0 Å². The summed E-state index contributed by atoms with van der Waals surface area (Å²) in [6.45, 7) is 1.14. The lowest BCUT2D eigenvalue weighted by Gasteiger charge is -2.28. The molecule has 8 rings (SSSR count). The predicted octanol–water partition coefficient (Wildman–Crippen LogP) is 4.40. The van der Waals surface area contributed by atoms with E-state index in [0.29, 0.717) is 37.4 Å². The number of hydrogen-bond acceptors (Lipinski definition) is 10. The van der Waals surface area contributed by atoms with Gasteiger partial charge in [0.05, 0.1) is 13.1 Å². The maximum atomic E-state index is 12.4. The van der Waals surface area contributed by atoms with Gasteiger partial charge in [-0.2, -0.15) is 0 Å². The van der Waals surface area contributed by atoms with Gasteiger partial charge in [-0.05, 0) is 48.2 Å². The van der Waals surface area contributed by atoms with E-state index in [2.05, 4.69) is 0 Å². The molecular weight excluding hydrogens is 692 g/mol. The van der Waals surface area contributed by atoms with Crippen molar-refractivity contribution >= 4 is 12.2 Å². The van der Waals surface area contributed by atoms with Gasteiger partial charge in [0.25, 0.3) is 0 Å². The number of hydrogen-bond donors (Lipinski definition) is 4. The molecular formula is C42H46N2O10. The lowest BCUT2D eigenvalue weighted by atomic mass is 9.93. The summed E-state index contributed by atoms with van der Waals surface area (Å²) in [5.74, 6) is 0.824. The molecule has 0 spiro atoms. The Hall–Kier alpha value is -5.14. The molecule has 2 saturated carbocycles. The highest BCUT2D eigenvalue weighted by Crippen LogP contribution is 2.45. The number of rotatable bonds is 8. The van der Waals surface area contributed by atoms with Crippen molar-refractivity contribution in [3.8, 4) is 11.5 Å². The molecule has 54 heavy (non-hydrogen) atoms. The lowest BCUT2D eigenvalue weighted by Crippen LogP contribution is -2.49. The number of ether oxygens (including phenoxy) is 4. The number of para-hydroxylation sites is 2. The Morgan fingerprint density at radius 2 is 0.889 bits per heavy atom. The third-order valence-corrected chi connectivity index (χ3v) is 10.9. The normalized spacial score (nSPS) is 29.4. The number of likely N-dealkylation sites (tertiary alicyclic amines) is 2. The van der Waals surface area contributed by atoms with E-state index in [4.69, 9.17) is 18.9 Å². The van der Waals surface area contributed by atoms with Gasteiger partial charge in [0.1, 0.15) is 60.3 Å². The zero-order valence-corrected chi connectivity index (χ0v) is 29.8. The number of nitrogens with zero attached hydrogens (tertiary/aromatic N) is 2. The van der Waals surface area contributed by atoms with Crippen LogP contribution in [0.15, 0.2) is 121 Å². The van der Waals surface area contributed by atoms with E-state index >= 15 is 0 Å². The summed E-state index contributed by atoms with van der Waals surface area (Å²) < 4.78 is 22.4. The summed E-state index contributed by atoms with van der Waals surface area (Å²) in [4.78, 5) is 27.6. The molecule has 0 radical (unpaired) electrons. The molecule has 0 aromatic heterocycles. The second kappa shape index (κ2) is 16.1. The maximum absolute atomic E-state index is 12.4. The molecule has 4 N–H and O–H groups in total. The molecule has 8 atom stereocenters. The second-order valence-electron chi connectivity index (χ2n) is 14.5. The number of aliphatic hydroxyl groups is 4. The smallest absolute Gasteiger partial charge is 0.410 e. The fourth-order valence-corrected chi connectivity index (χ4v) is 8.01. The molecule has 0 bridgehead atoms. The number of amides is 2. The number of β-amino-alcohol motifs (C(OH)–C–C–N with tert-alkyl or cyclic N) is 2. The highest BCUT2D eigenvalue weighted by Gasteiger charge is 2.61.